The lowest BCUT2D eigenvalue weighted by Gasteiger charge is -2.29. The number of guanidine groups is 1. The normalized spacial score (nSPS) is 17.9. The number of rotatable bonds is 6. The summed E-state index contributed by atoms with van der Waals surface area (Å²) in [6.07, 6.45) is 3.62. The quantitative estimate of drug-likeness (QED) is 0.233. The number of nitrogens with one attached hydrogen (secondary N) is 3. The fraction of sp³-hybridized carbons (Fsp3) is 0.235. The smallest absolute Gasteiger partial charge is 0.327 e. The molecule has 0 aliphatic carbocycles. The molecule has 0 bridgehead atoms. The van der Waals surface area contributed by atoms with Crippen LogP contribution in [0.1, 0.15) is 12.0 Å². The van der Waals surface area contributed by atoms with Gasteiger partial charge in [0.25, 0.3) is 0 Å². The standard InChI is InChI=1S/C17H21N7O2S/c18-16(19)20-6-5-13(25)21-8-10-1-3-12(4-2-10)24-9-11-7-14(27)22-15(11)23-17(24)26/h1-4,7,9,15,22,27H,5-6,8H2,(H,21,25)(H,23,26)(H4,18,19,20). The van der Waals surface area contributed by atoms with Gasteiger partial charge in [-0.3, -0.25) is 14.7 Å². The SMILES string of the molecule is NC(N)=NCCC(=O)NCc1ccc(N2C=C3C=C(S)NC3NC2=O)cc1. The van der Waals surface area contributed by atoms with Crippen LogP contribution < -0.4 is 32.3 Å². The number of amides is 3. The van der Waals surface area contributed by atoms with Gasteiger partial charge in [-0.1, -0.05) is 12.1 Å². The van der Waals surface area contributed by atoms with Crippen molar-refractivity contribution in [2.75, 3.05) is 11.4 Å². The van der Waals surface area contributed by atoms with Crippen molar-refractivity contribution in [1.29, 1.82) is 0 Å². The zero-order valence-electron chi connectivity index (χ0n) is 14.5. The van der Waals surface area contributed by atoms with Gasteiger partial charge in [-0.15, -0.1) is 12.6 Å². The van der Waals surface area contributed by atoms with E-state index in [0.29, 0.717) is 11.6 Å². The molecular weight excluding hydrogens is 366 g/mol. The molecule has 2 aliphatic heterocycles. The van der Waals surface area contributed by atoms with Gasteiger partial charge < -0.3 is 27.4 Å². The summed E-state index contributed by atoms with van der Waals surface area (Å²) in [5, 5.41) is 9.42. The van der Waals surface area contributed by atoms with E-state index in [2.05, 4.69) is 33.6 Å². The van der Waals surface area contributed by atoms with E-state index in [1.165, 1.54) is 4.90 Å². The van der Waals surface area contributed by atoms with Gasteiger partial charge in [0.15, 0.2) is 5.96 Å². The Morgan fingerprint density at radius 3 is 2.70 bits per heavy atom. The van der Waals surface area contributed by atoms with Crippen LogP contribution >= 0.6 is 12.6 Å². The lowest BCUT2D eigenvalue weighted by atomic mass is 10.1. The second-order valence-corrected chi connectivity index (χ2v) is 6.54. The van der Waals surface area contributed by atoms with Crippen LogP contribution in [0.3, 0.4) is 0 Å². The number of carbonyl (C=O) groups excluding carboxylic acids is 2. The Hall–Kier alpha value is -3.14. The minimum absolute atomic E-state index is 0.0316. The number of urea groups is 1. The summed E-state index contributed by atoms with van der Waals surface area (Å²) in [7, 11) is 0. The molecule has 9 nitrogen and oxygen atoms in total. The number of thiol groups is 1. The number of carbonyl (C=O) groups is 2. The molecule has 0 saturated carbocycles. The Bertz CT molecular complexity index is 828. The Labute approximate surface area is 162 Å². The molecule has 1 aromatic carbocycles. The maximum absolute atomic E-state index is 12.3. The first-order valence-electron chi connectivity index (χ1n) is 8.32. The lowest BCUT2D eigenvalue weighted by molar-refractivity contribution is -0.121. The molecule has 0 aromatic heterocycles. The minimum Gasteiger partial charge on any atom is -0.370 e. The summed E-state index contributed by atoms with van der Waals surface area (Å²) >= 11 is 4.26. The maximum atomic E-state index is 12.3. The van der Waals surface area contributed by atoms with Crippen LogP contribution in [0.5, 0.6) is 0 Å². The van der Waals surface area contributed by atoms with E-state index >= 15 is 0 Å². The van der Waals surface area contributed by atoms with Crippen LogP contribution in [-0.2, 0) is 11.3 Å². The van der Waals surface area contributed by atoms with Crippen LogP contribution in [0, 0.1) is 0 Å². The zero-order valence-corrected chi connectivity index (χ0v) is 15.4. The number of benzene rings is 1. The summed E-state index contributed by atoms with van der Waals surface area (Å²) in [6.45, 7) is 0.635. The number of nitrogens with two attached hydrogens (primary N) is 2. The number of aliphatic imine (C=N–C) groups is 1. The van der Waals surface area contributed by atoms with Crippen LogP contribution in [0.25, 0.3) is 0 Å². The summed E-state index contributed by atoms with van der Waals surface area (Å²) < 4.78 is 0. The Morgan fingerprint density at radius 1 is 1.26 bits per heavy atom. The Morgan fingerprint density at radius 2 is 2.00 bits per heavy atom. The van der Waals surface area contributed by atoms with E-state index in [4.69, 9.17) is 11.5 Å². The zero-order chi connectivity index (χ0) is 19.4. The fourth-order valence-corrected chi connectivity index (χ4v) is 2.97. The van der Waals surface area contributed by atoms with E-state index in [9.17, 15) is 9.59 Å². The van der Waals surface area contributed by atoms with Gasteiger partial charge in [0.2, 0.25) is 5.91 Å². The topological polar surface area (TPSA) is 138 Å². The van der Waals surface area contributed by atoms with Crippen molar-refractivity contribution in [1.82, 2.24) is 16.0 Å². The number of nitrogens with zero attached hydrogens (tertiary/aromatic N) is 2. The van der Waals surface area contributed by atoms with E-state index in [1.54, 1.807) is 6.20 Å². The van der Waals surface area contributed by atoms with Crippen molar-refractivity contribution in [2.45, 2.75) is 19.1 Å². The first-order chi connectivity index (χ1) is 12.9. The molecule has 0 radical (unpaired) electrons. The molecule has 2 aliphatic rings. The van der Waals surface area contributed by atoms with Crippen LogP contribution in [-0.4, -0.2) is 30.6 Å². The highest BCUT2D eigenvalue weighted by Crippen LogP contribution is 2.25. The molecule has 1 atom stereocenters. The molecule has 7 N–H and O–H groups in total. The van der Waals surface area contributed by atoms with E-state index < -0.39 is 0 Å². The van der Waals surface area contributed by atoms with Crippen molar-refractivity contribution in [3.05, 3.63) is 52.7 Å². The average Bonchev–Trinajstić information content (AvgIpc) is 2.98. The minimum atomic E-state index is -0.241. The molecule has 1 unspecified atom stereocenters. The highest BCUT2D eigenvalue weighted by atomic mass is 32.1. The first-order valence-corrected chi connectivity index (χ1v) is 8.77. The third-order valence-electron chi connectivity index (χ3n) is 4.03. The summed E-state index contributed by atoms with van der Waals surface area (Å²) in [5.74, 6) is -0.172. The van der Waals surface area contributed by atoms with Crippen LogP contribution in [0.4, 0.5) is 10.5 Å². The van der Waals surface area contributed by atoms with Crippen LogP contribution in [0.2, 0.25) is 0 Å². The largest absolute Gasteiger partial charge is 0.370 e. The molecular formula is C17H21N7O2S. The lowest BCUT2D eigenvalue weighted by Crippen LogP contribution is -2.51. The predicted octanol–water partition coefficient (Wildman–Crippen LogP) is 0.0803. The second kappa shape index (κ2) is 8.04. The third-order valence-corrected chi connectivity index (χ3v) is 4.29. The maximum Gasteiger partial charge on any atom is 0.327 e. The molecule has 0 saturated heterocycles. The average molecular weight is 387 g/mol. The number of anilines is 1. The fourth-order valence-electron chi connectivity index (χ4n) is 2.69. The Balaban J connectivity index is 1.58. The Kier molecular flexibility index (Phi) is 5.55. The van der Waals surface area contributed by atoms with Crippen LogP contribution in [0.15, 0.2) is 52.1 Å². The van der Waals surface area contributed by atoms with Crippen molar-refractivity contribution < 1.29 is 9.59 Å². The van der Waals surface area contributed by atoms with Crippen molar-refractivity contribution in [2.24, 2.45) is 16.5 Å². The summed E-state index contributed by atoms with van der Waals surface area (Å²) in [6, 6.07) is 7.14. The highest BCUT2D eigenvalue weighted by molar-refractivity contribution is 7.84. The molecule has 1 aromatic rings. The highest BCUT2D eigenvalue weighted by Gasteiger charge is 2.29. The molecule has 3 amide bonds. The van der Waals surface area contributed by atoms with E-state index in [1.807, 2.05) is 30.3 Å². The first kappa shape index (κ1) is 18.6. The second-order valence-electron chi connectivity index (χ2n) is 6.06. The van der Waals surface area contributed by atoms with Crippen molar-refractivity contribution in [3.8, 4) is 0 Å². The predicted molar refractivity (Wildman–Crippen MR) is 107 cm³/mol. The van der Waals surface area contributed by atoms with Gasteiger partial charge in [-0.25, -0.2) is 4.79 Å². The molecule has 0 fully saturated rings. The molecule has 142 valence electrons. The molecule has 10 heteroatoms. The van der Waals surface area contributed by atoms with E-state index in [-0.39, 0.29) is 37.0 Å². The van der Waals surface area contributed by atoms with Gasteiger partial charge in [0.05, 0.1) is 17.3 Å². The monoisotopic (exact) mass is 387 g/mol. The van der Waals surface area contributed by atoms with Gasteiger partial charge in [0, 0.05) is 24.7 Å². The number of hydrogen-bond donors (Lipinski definition) is 6. The van der Waals surface area contributed by atoms with Gasteiger partial charge in [-0.05, 0) is 23.8 Å². The molecule has 2 heterocycles. The summed E-state index contributed by atoms with van der Waals surface area (Å²) in [5.41, 5.74) is 13.0. The van der Waals surface area contributed by atoms with Crippen molar-refractivity contribution >= 4 is 36.2 Å². The third kappa shape index (κ3) is 4.73. The van der Waals surface area contributed by atoms with Gasteiger partial charge in [0.1, 0.15) is 6.17 Å². The molecule has 3 rings (SSSR count). The van der Waals surface area contributed by atoms with Gasteiger partial charge in [-0.2, -0.15) is 0 Å². The number of fused-ring (bicyclic) bond motifs is 1. The molecule has 27 heavy (non-hydrogen) atoms. The number of hydrogen-bond acceptors (Lipinski definition) is 5. The van der Waals surface area contributed by atoms with E-state index in [0.717, 1.165) is 16.8 Å². The van der Waals surface area contributed by atoms with Gasteiger partial charge >= 0.3 is 6.03 Å². The summed E-state index contributed by atoms with van der Waals surface area (Å²) in [4.78, 5) is 29.3. The van der Waals surface area contributed by atoms with Crippen molar-refractivity contribution in [3.63, 3.8) is 0 Å². The molecule has 0 spiro atoms.